The van der Waals surface area contributed by atoms with E-state index in [0.717, 1.165) is 25.1 Å². The molecule has 2 heterocycles. The summed E-state index contributed by atoms with van der Waals surface area (Å²) >= 11 is 0. The van der Waals surface area contributed by atoms with Gasteiger partial charge in [0.25, 0.3) is 5.91 Å². The van der Waals surface area contributed by atoms with E-state index in [2.05, 4.69) is 42.9 Å². The van der Waals surface area contributed by atoms with E-state index in [-0.39, 0.29) is 11.9 Å². The molecule has 1 saturated heterocycles. The fraction of sp³-hybridized carbons (Fsp3) is 0.647. The highest BCUT2D eigenvalue weighted by Crippen LogP contribution is 2.20. The van der Waals surface area contributed by atoms with E-state index in [1.807, 2.05) is 0 Å². The number of piperazine rings is 1. The summed E-state index contributed by atoms with van der Waals surface area (Å²) in [6.07, 6.45) is 4.47. The number of aromatic nitrogens is 1. The number of pyridine rings is 1. The molecule has 1 N–H and O–H groups in total. The molecule has 4 heteroatoms. The molecule has 0 radical (unpaired) electrons. The lowest BCUT2D eigenvalue weighted by Gasteiger charge is -2.43. The minimum Gasteiger partial charge on any atom is -0.333 e. The fourth-order valence-electron chi connectivity index (χ4n) is 3.05. The minimum absolute atomic E-state index is 0.131. The van der Waals surface area contributed by atoms with E-state index in [4.69, 9.17) is 0 Å². The summed E-state index contributed by atoms with van der Waals surface area (Å²) < 4.78 is 0. The molecular weight excluding hydrogens is 262 g/mol. The topological polar surface area (TPSA) is 45.2 Å². The Labute approximate surface area is 127 Å². The predicted octanol–water partition coefficient (Wildman–Crippen LogP) is 2.57. The van der Waals surface area contributed by atoms with Crippen LogP contribution in [0.4, 0.5) is 0 Å². The normalized spacial score (nSPS) is 22.9. The Hall–Kier alpha value is -1.42. The number of amides is 1. The van der Waals surface area contributed by atoms with Crippen LogP contribution >= 0.6 is 0 Å². The van der Waals surface area contributed by atoms with Crippen LogP contribution < -0.4 is 5.32 Å². The van der Waals surface area contributed by atoms with Crippen molar-refractivity contribution in [3.05, 3.63) is 30.1 Å². The van der Waals surface area contributed by atoms with Crippen LogP contribution in [-0.4, -0.2) is 41.0 Å². The second kappa shape index (κ2) is 7.03. The molecule has 2 unspecified atom stereocenters. The zero-order valence-corrected chi connectivity index (χ0v) is 13.5. The van der Waals surface area contributed by atoms with Crippen molar-refractivity contribution in [2.75, 3.05) is 13.1 Å². The molecule has 0 bridgehead atoms. The number of hydrogen-bond donors (Lipinski definition) is 1. The van der Waals surface area contributed by atoms with Crippen LogP contribution in [0, 0.1) is 11.8 Å². The Morgan fingerprint density at radius 1 is 1.33 bits per heavy atom. The van der Waals surface area contributed by atoms with Crippen molar-refractivity contribution in [2.45, 2.75) is 46.2 Å². The average Bonchev–Trinajstić information content (AvgIpc) is 2.46. The van der Waals surface area contributed by atoms with E-state index < -0.39 is 0 Å². The molecule has 0 aromatic carbocycles. The number of rotatable bonds is 4. The largest absolute Gasteiger partial charge is 0.333 e. The van der Waals surface area contributed by atoms with Gasteiger partial charge in [-0.25, -0.2) is 0 Å². The first-order valence-electron chi connectivity index (χ1n) is 7.93. The van der Waals surface area contributed by atoms with E-state index in [1.165, 1.54) is 0 Å². The molecule has 1 aliphatic heterocycles. The van der Waals surface area contributed by atoms with Gasteiger partial charge in [-0.2, -0.15) is 0 Å². The SMILES string of the molecule is CC(C)CC1CN(C(=O)c2ccncc2)C(C(C)C)CN1. The van der Waals surface area contributed by atoms with Crippen molar-refractivity contribution in [1.29, 1.82) is 0 Å². The second-order valence-electron chi connectivity index (χ2n) is 6.74. The Kier molecular flexibility index (Phi) is 5.34. The molecule has 21 heavy (non-hydrogen) atoms. The van der Waals surface area contributed by atoms with Crippen LogP contribution in [-0.2, 0) is 0 Å². The predicted molar refractivity (Wildman–Crippen MR) is 85.1 cm³/mol. The number of nitrogens with zero attached hydrogens (tertiary/aromatic N) is 2. The molecule has 1 aromatic rings. The fourth-order valence-corrected chi connectivity index (χ4v) is 3.05. The van der Waals surface area contributed by atoms with Crippen LogP contribution in [0.1, 0.15) is 44.5 Å². The van der Waals surface area contributed by atoms with Gasteiger partial charge in [-0.05, 0) is 30.4 Å². The van der Waals surface area contributed by atoms with Gasteiger partial charge in [0.05, 0.1) is 0 Å². The first-order valence-corrected chi connectivity index (χ1v) is 7.93. The Morgan fingerprint density at radius 2 is 2.00 bits per heavy atom. The molecule has 1 aromatic heterocycles. The van der Waals surface area contributed by atoms with Crippen molar-refractivity contribution in [3.63, 3.8) is 0 Å². The quantitative estimate of drug-likeness (QED) is 0.926. The summed E-state index contributed by atoms with van der Waals surface area (Å²) in [6.45, 7) is 10.5. The summed E-state index contributed by atoms with van der Waals surface area (Å²) in [5, 5.41) is 3.61. The summed E-state index contributed by atoms with van der Waals surface area (Å²) in [7, 11) is 0. The van der Waals surface area contributed by atoms with Gasteiger partial charge in [0.15, 0.2) is 0 Å². The van der Waals surface area contributed by atoms with Crippen molar-refractivity contribution < 1.29 is 4.79 Å². The van der Waals surface area contributed by atoms with Gasteiger partial charge >= 0.3 is 0 Å². The Bertz CT molecular complexity index is 458. The Balaban J connectivity index is 2.16. The van der Waals surface area contributed by atoms with Gasteiger partial charge in [-0.15, -0.1) is 0 Å². The standard InChI is InChI=1S/C17H27N3O/c1-12(2)9-15-11-20(16(10-19-15)13(3)4)17(21)14-5-7-18-8-6-14/h5-8,12-13,15-16,19H,9-11H2,1-4H3. The summed E-state index contributed by atoms with van der Waals surface area (Å²) in [4.78, 5) is 18.9. The lowest BCUT2D eigenvalue weighted by atomic mass is 9.94. The number of carbonyl (C=O) groups excluding carboxylic acids is 1. The first kappa shape index (κ1) is 16.0. The molecule has 0 spiro atoms. The minimum atomic E-state index is 0.131. The average molecular weight is 289 g/mol. The van der Waals surface area contributed by atoms with Crippen LogP contribution in [0.15, 0.2) is 24.5 Å². The van der Waals surface area contributed by atoms with Crippen LogP contribution in [0.25, 0.3) is 0 Å². The third-order valence-corrected chi connectivity index (χ3v) is 4.15. The molecule has 2 rings (SSSR count). The molecule has 1 amide bonds. The van der Waals surface area contributed by atoms with Crippen molar-refractivity contribution >= 4 is 5.91 Å². The zero-order chi connectivity index (χ0) is 15.4. The van der Waals surface area contributed by atoms with Gasteiger partial charge in [0.2, 0.25) is 0 Å². The third-order valence-electron chi connectivity index (χ3n) is 4.15. The van der Waals surface area contributed by atoms with Crippen molar-refractivity contribution in [2.24, 2.45) is 11.8 Å². The molecule has 0 aliphatic carbocycles. The smallest absolute Gasteiger partial charge is 0.254 e. The maximum atomic E-state index is 12.8. The highest BCUT2D eigenvalue weighted by molar-refractivity contribution is 5.94. The lowest BCUT2D eigenvalue weighted by Crippen LogP contribution is -2.60. The van der Waals surface area contributed by atoms with Gasteiger partial charge in [-0.3, -0.25) is 9.78 Å². The molecule has 1 fully saturated rings. The van der Waals surface area contributed by atoms with E-state index in [0.29, 0.717) is 17.9 Å². The number of hydrogen-bond acceptors (Lipinski definition) is 3. The molecule has 116 valence electrons. The number of carbonyl (C=O) groups is 1. The summed E-state index contributed by atoms with van der Waals surface area (Å²) in [5.74, 6) is 1.21. The molecule has 4 nitrogen and oxygen atoms in total. The van der Waals surface area contributed by atoms with Gasteiger partial charge in [-0.1, -0.05) is 27.7 Å². The maximum absolute atomic E-state index is 12.8. The summed E-state index contributed by atoms with van der Waals surface area (Å²) in [5.41, 5.74) is 0.737. The van der Waals surface area contributed by atoms with E-state index >= 15 is 0 Å². The van der Waals surface area contributed by atoms with E-state index in [9.17, 15) is 4.79 Å². The lowest BCUT2D eigenvalue weighted by molar-refractivity contribution is 0.0495. The monoisotopic (exact) mass is 289 g/mol. The van der Waals surface area contributed by atoms with Crippen molar-refractivity contribution in [1.82, 2.24) is 15.2 Å². The van der Waals surface area contributed by atoms with Gasteiger partial charge in [0.1, 0.15) is 0 Å². The zero-order valence-electron chi connectivity index (χ0n) is 13.5. The van der Waals surface area contributed by atoms with Crippen molar-refractivity contribution in [3.8, 4) is 0 Å². The van der Waals surface area contributed by atoms with Crippen LogP contribution in [0.5, 0.6) is 0 Å². The molecule has 0 saturated carbocycles. The first-order chi connectivity index (χ1) is 9.99. The Morgan fingerprint density at radius 3 is 2.57 bits per heavy atom. The third kappa shape index (κ3) is 4.03. The molecular formula is C17H27N3O. The maximum Gasteiger partial charge on any atom is 0.254 e. The van der Waals surface area contributed by atoms with Crippen LogP contribution in [0.3, 0.4) is 0 Å². The highest BCUT2D eigenvalue weighted by atomic mass is 16.2. The van der Waals surface area contributed by atoms with Crippen LogP contribution in [0.2, 0.25) is 0 Å². The molecule has 2 atom stereocenters. The van der Waals surface area contributed by atoms with Gasteiger partial charge in [0, 0.05) is 43.1 Å². The highest BCUT2D eigenvalue weighted by Gasteiger charge is 2.33. The second-order valence-corrected chi connectivity index (χ2v) is 6.74. The number of nitrogens with one attached hydrogen (secondary N) is 1. The summed E-state index contributed by atoms with van der Waals surface area (Å²) in [6, 6.07) is 4.26. The van der Waals surface area contributed by atoms with Gasteiger partial charge < -0.3 is 10.2 Å². The molecule has 1 aliphatic rings. The van der Waals surface area contributed by atoms with E-state index in [1.54, 1.807) is 24.5 Å².